The van der Waals surface area contributed by atoms with Crippen LogP contribution in [0.25, 0.3) is 0 Å². The monoisotopic (exact) mass is 333 g/mol. The molecule has 0 saturated heterocycles. The van der Waals surface area contributed by atoms with Crippen LogP contribution in [0.15, 0.2) is 18.2 Å². The molecule has 4 nitrogen and oxygen atoms in total. The van der Waals surface area contributed by atoms with Crippen molar-refractivity contribution < 1.29 is 15.0 Å². The molecule has 1 amide bonds. The number of aliphatic hydroxyl groups excluding tert-OH is 1. The lowest BCUT2D eigenvalue weighted by Crippen LogP contribution is -2.44. The molecule has 2 unspecified atom stereocenters. The molecule has 1 rings (SSSR count). The second-order valence-corrected chi connectivity index (χ2v) is 6.58. The van der Waals surface area contributed by atoms with Crippen molar-refractivity contribution in [1.82, 2.24) is 5.32 Å². The summed E-state index contributed by atoms with van der Waals surface area (Å²) in [5.74, 6) is -0.339. The van der Waals surface area contributed by atoms with Gasteiger partial charge in [-0.1, -0.05) is 37.0 Å². The highest BCUT2D eigenvalue weighted by Crippen LogP contribution is 2.25. The summed E-state index contributed by atoms with van der Waals surface area (Å²) in [6, 6.07) is 4.69. The quantitative estimate of drug-likeness (QED) is 0.749. The smallest absolute Gasteiger partial charge is 0.223 e. The van der Waals surface area contributed by atoms with Crippen molar-refractivity contribution in [3.63, 3.8) is 0 Å². The van der Waals surface area contributed by atoms with E-state index in [-0.39, 0.29) is 24.8 Å². The Morgan fingerprint density at radius 1 is 1.29 bits per heavy atom. The average molecular weight is 334 g/mol. The van der Waals surface area contributed by atoms with Crippen LogP contribution in [0.3, 0.4) is 0 Å². The van der Waals surface area contributed by atoms with Gasteiger partial charge in [0, 0.05) is 16.6 Å². The molecule has 1 aromatic carbocycles. The van der Waals surface area contributed by atoms with Crippen LogP contribution in [0.4, 0.5) is 0 Å². The minimum atomic E-state index is -0.995. The summed E-state index contributed by atoms with van der Waals surface area (Å²) < 4.78 is 0. The zero-order chi connectivity index (χ0) is 16.2. The lowest BCUT2D eigenvalue weighted by atomic mass is 9.92. The van der Waals surface area contributed by atoms with Crippen molar-refractivity contribution >= 4 is 29.1 Å². The lowest BCUT2D eigenvalue weighted by Gasteiger charge is -2.28. The Morgan fingerprint density at radius 2 is 1.81 bits per heavy atom. The van der Waals surface area contributed by atoms with Crippen LogP contribution in [0.1, 0.15) is 38.9 Å². The molecule has 0 saturated carbocycles. The van der Waals surface area contributed by atoms with Gasteiger partial charge in [-0.05, 0) is 36.6 Å². The molecule has 1 aromatic rings. The van der Waals surface area contributed by atoms with E-state index in [1.54, 1.807) is 25.1 Å². The third-order valence-electron chi connectivity index (χ3n) is 3.54. The van der Waals surface area contributed by atoms with Gasteiger partial charge < -0.3 is 15.5 Å². The van der Waals surface area contributed by atoms with E-state index >= 15 is 0 Å². The maximum Gasteiger partial charge on any atom is 0.223 e. The van der Waals surface area contributed by atoms with Gasteiger partial charge in [0.25, 0.3) is 0 Å². The molecule has 6 heteroatoms. The second-order valence-electron chi connectivity index (χ2n) is 5.71. The van der Waals surface area contributed by atoms with Gasteiger partial charge in [0.05, 0.1) is 18.1 Å². The fourth-order valence-electron chi connectivity index (χ4n) is 1.61. The first-order valence-corrected chi connectivity index (χ1v) is 7.50. The lowest BCUT2D eigenvalue weighted by molar-refractivity contribution is -0.124. The molecule has 0 aliphatic heterocycles. The maximum atomic E-state index is 11.8. The van der Waals surface area contributed by atoms with Crippen molar-refractivity contribution in [2.75, 3.05) is 6.54 Å². The number of carbonyl (C=O) groups is 1. The number of benzene rings is 1. The standard InChI is InChI=1S/C15H21Cl2NO3/c1-9(2)15(3,21)8-18-14(20)7-13(19)10-4-11(16)6-12(17)5-10/h4-6,9,13,19,21H,7-8H2,1-3H3,(H,18,20). The fraction of sp³-hybridized carbons (Fsp3) is 0.533. The molecule has 0 bridgehead atoms. The van der Waals surface area contributed by atoms with E-state index in [1.807, 2.05) is 13.8 Å². The Bertz CT molecular complexity index is 483. The molecule has 0 spiro atoms. The number of rotatable bonds is 6. The third kappa shape index (κ3) is 5.83. The zero-order valence-corrected chi connectivity index (χ0v) is 13.9. The van der Waals surface area contributed by atoms with Gasteiger partial charge in [0.15, 0.2) is 0 Å². The average Bonchev–Trinajstić information content (AvgIpc) is 2.35. The summed E-state index contributed by atoms with van der Waals surface area (Å²) in [6.07, 6.45) is -1.12. The number of halogens is 2. The van der Waals surface area contributed by atoms with Crippen LogP contribution in [0.5, 0.6) is 0 Å². The zero-order valence-electron chi connectivity index (χ0n) is 12.4. The Balaban J connectivity index is 2.58. The number of aliphatic hydroxyl groups is 2. The summed E-state index contributed by atoms with van der Waals surface area (Å²) >= 11 is 11.7. The third-order valence-corrected chi connectivity index (χ3v) is 3.97. The first-order valence-electron chi connectivity index (χ1n) is 6.75. The van der Waals surface area contributed by atoms with Crippen LogP contribution in [0.2, 0.25) is 10.0 Å². The highest BCUT2D eigenvalue weighted by molar-refractivity contribution is 6.34. The largest absolute Gasteiger partial charge is 0.388 e. The molecule has 0 aromatic heterocycles. The number of amides is 1. The Morgan fingerprint density at radius 3 is 2.29 bits per heavy atom. The van der Waals surface area contributed by atoms with E-state index in [0.717, 1.165) is 0 Å². The van der Waals surface area contributed by atoms with Crippen LogP contribution >= 0.6 is 23.2 Å². The van der Waals surface area contributed by atoms with E-state index in [1.165, 1.54) is 0 Å². The Kier molecular flexibility index (Phi) is 6.47. The van der Waals surface area contributed by atoms with Crippen molar-refractivity contribution in [1.29, 1.82) is 0 Å². The molecule has 0 heterocycles. The van der Waals surface area contributed by atoms with Crippen LogP contribution in [-0.4, -0.2) is 28.3 Å². The first kappa shape index (κ1) is 18.2. The second kappa shape index (κ2) is 7.45. The molecule has 2 atom stereocenters. The predicted molar refractivity (Wildman–Crippen MR) is 84.5 cm³/mol. The molecule has 3 N–H and O–H groups in total. The van der Waals surface area contributed by atoms with Crippen LogP contribution < -0.4 is 5.32 Å². The molecule has 118 valence electrons. The van der Waals surface area contributed by atoms with E-state index in [0.29, 0.717) is 15.6 Å². The number of hydrogen-bond donors (Lipinski definition) is 3. The highest BCUT2D eigenvalue weighted by atomic mass is 35.5. The number of hydrogen-bond acceptors (Lipinski definition) is 3. The maximum absolute atomic E-state index is 11.8. The summed E-state index contributed by atoms with van der Waals surface area (Å²) in [5.41, 5.74) is -0.502. The molecule has 0 aliphatic rings. The highest BCUT2D eigenvalue weighted by Gasteiger charge is 2.25. The van der Waals surface area contributed by atoms with Gasteiger partial charge in [-0.15, -0.1) is 0 Å². The minimum Gasteiger partial charge on any atom is -0.388 e. The minimum absolute atomic E-state index is 0.00876. The fourth-order valence-corrected chi connectivity index (χ4v) is 2.16. The summed E-state index contributed by atoms with van der Waals surface area (Å²) in [5, 5.41) is 23.5. The van der Waals surface area contributed by atoms with Gasteiger partial charge in [0.2, 0.25) is 5.91 Å². The summed E-state index contributed by atoms with van der Waals surface area (Å²) in [7, 11) is 0. The van der Waals surface area contributed by atoms with Gasteiger partial charge in [-0.25, -0.2) is 0 Å². The summed E-state index contributed by atoms with van der Waals surface area (Å²) in [6.45, 7) is 5.53. The van der Waals surface area contributed by atoms with E-state index < -0.39 is 11.7 Å². The Hall–Kier alpha value is -0.810. The topological polar surface area (TPSA) is 69.6 Å². The SMILES string of the molecule is CC(C)C(C)(O)CNC(=O)CC(O)c1cc(Cl)cc(Cl)c1. The van der Waals surface area contributed by atoms with E-state index in [9.17, 15) is 15.0 Å². The van der Waals surface area contributed by atoms with Crippen molar-refractivity contribution in [2.24, 2.45) is 5.92 Å². The summed E-state index contributed by atoms with van der Waals surface area (Å²) in [4.78, 5) is 11.8. The molecule has 0 radical (unpaired) electrons. The molecular formula is C15H21Cl2NO3. The molecule has 0 aliphatic carbocycles. The molecule has 21 heavy (non-hydrogen) atoms. The van der Waals surface area contributed by atoms with E-state index in [2.05, 4.69) is 5.32 Å². The first-order chi connectivity index (χ1) is 9.61. The predicted octanol–water partition coefficient (Wildman–Crippen LogP) is 2.94. The number of carbonyl (C=O) groups excluding carboxylic acids is 1. The molecule has 0 fully saturated rings. The van der Waals surface area contributed by atoms with E-state index in [4.69, 9.17) is 23.2 Å². The van der Waals surface area contributed by atoms with Crippen molar-refractivity contribution in [3.05, 3.63) is 33.8 Å². The Labute approximate surface area is 135 Å². The van der Waals surface area contributed by atoms with Crippen molar-refractivity contribution in [3.8, 4) is 0 Å². The number of nitrogens with one attached hydrogen (secondary N) is 1. The van der Waals surface area contributed by atoms with Crippen LogP contribution in [-0.2, 0) is 4.79 Å². The van der Waals surface area contributed by atoms with Gasteiger partial charge in [-0.2, -0.15) is 0 Å². The normalized spacial score (nSPS) is 15.6. The van der Waals surface area contributed by atoms with Gasteiger partial charge in [-0.3, -0.25) is 4.79 Å². The van der Waals surface area contributed by atoms with Crippen LogP contribution in [0, 0.1) is 5.92 Å². The van der Waals surface area contributed by atoms with Gasteiger partial charge >= 0.3 is 0 Å². The van der Waals surface area contributed by atoms with Gasteiger partial charge in [0.1, 0.15) is 0 Å². The molecular weight excluding hydrogens is 313 g/mol. The van der Waals surface area contributed by atoms with Crippen molar-refractivity contribution in [2.45, 2.75) is 38.9 Å².